The fraction of sp³-hybridized carbons (Fsp3) is 0.0909. The number of carbonyl (C=O) groups is 2. The molecule has 10 heteroatoms. The van der Waals surface area contributed by atoms with Gasteiger partial charge in [0.15, 0.2) is 5.75 Å². The number of hydrogen-bond acceptors (Lipinski definition) is 7. The lowest BCUT2D eigenvalue weighted by Crippen LogP contribution is -2.13. The Kier molecular flexibility index (Phi) is 7.93. The van der Waals surface area contributed by atoms with Crippen LogP contribution in [-0.4, -0.2) is 21.8 Å². The van der Waals surface area contributed by atoms with Crippen molar-refractivity contribution >= 4 is 51.0 Å². The van der Waals surface area contributed by atoms with E-state index in [2.05, 4.69) is 20.9 Å². The minimum atomic E-state index is -0.597. The smallest absolute Gasteiger partial charge is 0.271 e. The van der Waals surface area contributed by atoms with Crippen LogP contribution in [-0.2, 0) is 0 Å². The van der Waals surface area contributed by atoms with Gasteiger partial charge in [0.05, 0.1) is 16.2 Å². The Bertz CT molecular complexity index is 1920. The van der Waals surface area contributed by atoms with E-state index in [1.165, 1.54) is 18.2 Å². The predicted octanol–water partition coefficient (Wildman–Crippen LogP) is 8.30. The molecule has 5 aromatic rings. The average Bonchev–Trinajstić information content (AvgIpc) is 2.99. The van der Waals surface area contributed by atoms with E-state index in [0.29, 0.717) is 33.3 Å². The van der Waals surface area contributed by atoms with Crippen molar-refractivity contribution in [1.82, 2.24) is 0 Å². The largest absolute Gasteiger partial charge is 0.505 e. The molecule has 0 heterocycles. The van der Waals surface area contributed by atoms with Gasteiger partial charge in [-0.2, -0.15) is 0 Å². The first kappa shape index (κ1) is 28.6. The first-order valence-electron chi connectivity index (χ1n) is 13.3. The maximum Gasteiger partial charge on any atom is 0.271 e. The molecule has 3 N–H and O–H groups in total. The summed E-state index contributed by atoms with van der Waals surface area (Å²) in [5.41, 5.74) is 4.12. The second-order valence-electron chi connectivity index (χ2n) is 10.1. The standard InChI is InChI=1S/C33H27N5O5/c1-19-4-10-24(11-5-19)34-32(40)22-9-15-27-23(16-22)17-28(33(41)35-25-12-6-20(2)7-13-25)31(39)30(27)37-36-29-18-26(38(42)43)14-8-21(29)3/h4-18,39H,1-3H3,(H,34,40)(H,35,41)/b37-36+. The van der Waals surface area contributed by atoms with Crippen molar-refractivity contribution in [3.05, 3.63) is 129 Å². The Morgan fingerprint density at radius 2 is 1.35 bits per heavy atom. The van der Waals surface area contributed by atoms with Crippen LogP contribution < -0.4 is 10.6 Å². The van der Waals surface area contributed by atoms with Gasteiger partial charge in [-0.1, -0.05) is 47.5 Å². The summed E-state index contributed by atoms with van der Waals surface area (Å²) in [6, 6.07) is 25.0. The number of nitrogens with one attached hydrogen (secondary N) is 2. The zero-order valence-corrected chi connectivity index (χ0v) is 23.6. The number of aromatic hydroxyl groups is 1. The van der Waals surface area contributed by atoms with Gasteiger partial charge in [-0.3, -0.25) is 19.7 Å². The maximum atomic E-state index is 13.4. The highest BCUT2D eigenvalue weighted by Crippen LogP contribution is 2.40. The lowest BCUT2D eigenvalue weighted by molar-refractivity contribution is -0.384. The fourth-order valence-electron chi connectivity index (χ4n) is 4.39. The van der Waals surface area contributed by atoms with Crippen molar-refractivity contribution in [2.24, 2.45) is 10.2 Å². The van der Waals surface area contributed by atoms with Gasteiger partial charge in [0.1, 0.15) is 5.69 Å². The van der Waals surface area contributed by atoms with Crippen LogP contribution >= 0.6 is 0 Å². The van der Waals surface area contributed by atoms with Gasteiger partial charge in [0.25, 0.3) is 17.5 Å². The van der Waals surface area contributed by atoms with E-state index in [1.54, 1.807) is 55.5 Å². The molecule has 0 fully saturated rings. The molecular weight excluding hydrogens is 546 g/mol. The number of hydrogen-bond donors (Lipinski definition) is 3. The molecule has 43 heavy (non-hydrogen) atoms. The van der Waals surface area contributed by atoms with Crippen LogP contribution in [0.25, 0.3) is 10.8 Å². The molecule has 0 aliphatic carbocycles. The number of carbonyl (C=O) groups excluding carboxylic acids is 2. The SMILES string of the molecule is Cc1ccc(NC(=O)c2ccc3c(/N=N/c4cc([N+](=O)[O-])ccc4C)c(O)c(C(=O)Nc4ccc(C)cc4)cc3c2)cc1. The molecule has 0 radical (unpaired) electrons. The Balaban J connectivity index is 1.59. The van der Waals surface area contributed by atoms with Gasteiger partial charge in [-0.15, -0.1) is 10.2 Å². The van der Waals surface area contributed by atoms with Gasteiger partial charge in [0.2, 0.25) is 0 Å². The second-order valence-corrected chi connectivity index (χ2v) is 10.1. The fourth-order valence-corrected chi connectivity index (χ4v) is 4.39. The molecule has 214 valence electrons. The number of benzene rings is 5. The molecule has 0 saturated heterocycles. The van der Waals surface area contributed by atoms with Crippen molar-refractivity contribution in [3.8, 4) is 5.75 Å². The molecule has 0 atom stereocenters. The van der Waals surface area contributed by atoms with Crippen LogP contribution in [0.1, 0.15) is 37.4 Å². The van der Waals surface area contributed by atoms with Crippen LogP contribution in [0.5, 0.6) is 5.75 Å². The molecule has 0 saturated carbocycles. The number of phenols is 1. The molecule has 2 amide bonds. The number of rotatable bonds is 7. The van der Waals surface area contributed by atoms with E-state index in [-0.39, 0.29) is 28.5 Å². The monoisotopic (exact) mass is 573 g/mol. The van der Waals surface area contributed by atoms with Crippen molar-refractivity contribution in [1.29, 1.82) is 0 Å². The van der Waals surface area contributed by atoms with Gasteiger partial charge in [0, 0.05) is 34.5 Å². The number of fused-ring (bicyclic) bond motifs is 1. The first-order chi connectivity index (χ1) is 20.6. The average molecular weight is 574 g/mol. The summed E-state index contributed by atoms with van der Waals surface area (Å²) in [5.74, 6) is -1.39. The van der Waals surface area contributed by atoms with Gasteiger partial charge in [-0.05, 0) is 74.2 Å². The van der Waals surface area contributed by atoms with E-state index < -0.39 is 16.6 Å². The molecule has 0 bridgehead atoms. The minimum absolute atomic E-state index is 0.0250. The number of nitro groups is 1. The van der Waals surface area contributed by atoms with Gasteiger partial charge < -0.3 is 15.7 Å². The molecule has 5 aromatic carbocycles. The Labute approximate surface area is 246 Å². The van der Waals surface area contributed by atoms with Crippen LogP contribution in [0.15, 0.2) is 101 Å². The highest BCUT2D eigenvalue weighted by atomic mass is 16.6. The summed E-state index contributed by atoms with van der Waals surface area (Å²) in [7, 11) is 0. The first-order valence-corrected chi connectivity index (χ1v) is 13.3. The third kappa shape index (κ3) is 6.38. The molecule has 5 rings (SSSR count). The minimum Gasteiger partial charge on any atom is -0.505 e. The Morgan fingerprint density at radius 1 is 0.744 bits per heavy atom. The van der Waals surface area contributed by atoms with Crippen LogP contribution in [0.3, 0.4) is 0 Å². The highest BCUT2D eigenvalue weighted by Gasteiger charge is 2.20. The van der Waals surface area contributed by atoms with Crippen molar-refractivity contribution in [3.63, 3.8) is 0 Å². The van der Waals surface area contributed by atoms with Crippen molar-refractivity contribution < 1.29 is 19.6 Å². The van der Waals surface area contributed by atoms with E-state index in [0.717, 1.165) is 11.1 Å². The van der Waals surface area contributed by atoms with E-state index in [1.807, 2.05) is 38.1 Å². The summed E-state index contributed by atoms with van der Waals surface area (Å²) in [6.07, 6.45) is 0. The van der Waals surface area contributed by atoms with Crippen molar-refractivity contribution in [2.45, 2.75) is 20.8 Å². The second kappa shape index (κ2) is 11.9. The predicted molar refractivity (Wildman–Crippen MR) is 166 cm³/mol. The molecule has 0 aliphatic heterocycles. The number of phenolic OH excluding ortho intramolecular Hbond substituents is 1. The van der Waals surface area contributed by atoms with E-state index in [9.17, 15) is 24.8 Å². The summed E-state index contributed by atoms with van der Waals surface area (Å²) >= 11 is 0. The third-order valence-electron chi connectivity index (χ3n) is 6.87. The summed E-state index contributed by atoms with van der Waals surface area (Å²) in [6.45, 7) is 5.60. The summed E-state index contributed by atoms with van der Waals surface area (Å²) in [5, 5.41) is 37.5. The molecular formula is C33H27N5O5. The van der Waals surface area contributed by atoms with Crippen LogP contribution in [0.4, 0.5) is 28.4 Å². The van der Waals surface area contributed by atoms with Crippen LogP contribution in [0.2, 0.25) is 0 Å². The van der Waals surface area contributed by atoms with Gasteiger partial charge in [-0.25, -0.2) is 0 Å². The van der Waals surface area contributed by atoms with Crippen molar-refractivity contribution in [2.75, 3.05) is 10.6 Å². The van der Waals surface area contributed by atoms with E-state index >= 15 is 0 Å². The van der Waals surface area contributed by atoms with Crippen LogP contribution in [0, 0.1) is 30.9 Å². The molecule has 0 unspecified atom stereocenters. The Hall–Kier alpha value is -5.90. The molecule has 0 aliphatic rings. The zero-order valence-electron chi connectivity index (χ0n) is 23.6. The number of non-ortho nitro benzene ring substituents is 1. The number of anilines is 2. The summed E-state index contributed by atoms with van der Waals surface area (Å²) in [4.78, 5) is 37.2. The number of amides is 2. The highest BCUT2D eigenvalue weighted by molar-refractivity contribution is 6.13. The number of aryl methyl sites for hydroxylation is 3. The zero-order chi connectivity index (χ0) is 30.7. The topological polar surface area (TPSA) is 146 Å². The lowest BCUT2D eigenvalue weighted by atomic mass is 10.00. The summed E-state index contributed by atoms with van der Waals surface area (Å²) < 4.78 is 0. The van der Waals surface area contributed by atoms with Gasteiger partial charge >= 0.3 is 0 Å². The molecule has 0 aromatic heterocycles. The molecule has 0 spiro atoms. The quantitative estimate of drug-likeness (QED) is 0.102. The van der Waals surface area contributed by atoms with E-state index in [4.69, 9.17) is 0 Å². The molecule has 10 nitrogen and oxygen atoms in total. The third-order valence-corrected chi connectivity index (χ3v) is 6.87. The lowest BCUT2D eigenvalue weighted by Gasteiger charge is -2.13. The number of nitro benzene ring substituents is 1. The normalized spacial score (nSPS) is 11.0. The number of azo groups is 1. The maximum absolute atomic E-state index is 13.4. The number of nitrogens with zero attached hydrogens (tertiary/aromatic N) is 3. The Morgan fingerprint density at radius 3 is 1.95 bits per heavy atom.